The molecule has 6 heteroatoms. The molecule has 1 amide bonds. The number of methoxy groups -OCH3 is 1. The van der Waals surface area contributed by atoms with Gasteiger partial charge in [-0.3, -0.25) is 9.59 Å². The van der Waals surface area contributed by atoms with Gasteiger partial charge in [-0.25, -0.2) is 4.79 Å². The Morgan fingerprint density at radius 2 is 1.91 bits per heavy atom. The zero-order valence-corrected chi connectivity index (χ0v) is 14.7. The van der Waals surface area contributed by atoms with Gasteiger partial charge in [0.05, 0.1) is 7.11 Å². The highest BCUT2D eigenvalue weighted by Crippen LogP contribution is 2.51. The third kappa shape index (κ3) is 3.51. The maximum absolute atomic E-state index is 12.3. The topological polar surface area (TPSA) is 72.9 Å². The van der Waals surface area contributed by atoms with Crippen LogP contribution in [0, 0.1) is 11.3 Å². The molecule has 1 aliphatic heterocycles. The Balaban J connectivity index is 2.12. The van der Waals surface area contributed by atoms with Crippen molar-refractivity contribution in [3.8, 4) is 0 Å². The minimum atomic E-state index is -0.685. The molecule has 1 spiro atoms. The van der Waals surface area contributed by atoms with Gasteiger partial charge in [0.1, 0.15) is 17.3 Å². The molecule has 2 rings (SSSR count). The van der Waals surface area contributed by atoms with Crippen LogP contribution < -0.4 is 0 Å². The lowest BCUT2D eigenvalue weighted by Crippen LogP contribution is -2.52. The number of hydrogen-bond donors (Lipinski definition) is 0. The summed E-state index contributed by atoms with van der Waals surface area (Å²) >= 11 is 0. The van der Waals surface area contributed by atoms with E-state index in [2.05, 4.69) is 0 Å². The Labute approximate surface area is 137 Å². The standard InChI is InChI=1S/C17H27NO5/c1-11-10-17(7-6-12(19)13(17)14(20)22-5)8-9-18(11)15(21)23-16(2,3)4/h11,13H,6-10H2,1-5H3/t11-,13?,17-/m1/s1. The van der Waals surface area contributed by atoms with Crippen LogP contribution >= 0.6 is 0 Å². The number of esters is 1. The van der Waals surface area contributed by atoms with Crippen molar-refractivity contribution in [3.05, 3.63) is 0 Å². The van der Waals surface area contributed by atoms with Gasteiger partial charge >= 0.3 is 12.1 Å². The molecular weight excluding hydrogens is 298 g/mol. The number of Topliss-reactive ketones (excluding diaryl/α,β-unsaturated/α-hetero) is 1. The number of hydrogen-bond acceptors (Lipinski definition) is 5. The Bertz CT molecular complexity index is 510. The highest BCUT2D eigenvalue weighted by molar-refractivity contribution is 6.01. The molecular formula is C17H27NO5. The average Bonchev–Trinajstić information content (AvgIpc) is 2.72. The molecule has 0 N–H and O–H groups in total. The quantitative estimate of drug-likeness (QED) is 0.547. The summed E-state index contributed by atoms with van der Waals surface area (Å²) in [4.78, 5) is 38.2. The fourth-order valence-corrected chi connectivity index (χ4v) is 3.95. The van der Waals surface area contributed by atoms with E-state index < -0.39 is 17.5 Å². The van der Waals surface area contributed by atoms with Gasteiger partial charge in [-0.1, -0.05) is 0 Å². The molecule has 1 heterocycles. The number of likely N-dealkylation sites (tertiary alicyclic amines) is 1. The van der Waals surface area contributed by atoms with E-state index in [1.165, 1.54) is 7.11 Å². The van der Waals surface area contributed by atoms with Crippen LogP contribution in [0.3, 0.4) is 0 Å². The zero-order valence-electron chi connectivity index (χ0n) is 14.7. The molecule has 2 fully saturated rings. The van der Waals surface area contributed by atoms with Gasteiger partial charge in [-0.2, -0.15) is 0 Å². The first-order valence-electron chi connectivity index (χ1n) is 8.20. The number of amides is 1. The third-order valence-corrected chi connectivity index (χ3v) is 4.95. The predicted octanol–water partition coefficient (Wildman–Crippen LogP) is 2.54. The number of ketones is 1. The van der Waals surface area contributed by atoms with Crippen molar-refractivity contribution in [2.24, 2.45) is 11.3 Å². The molecule has 1 aliphatic carbocycles. The van der Waals surface area contributed by atoms with E-state index in [9.17, 15) is 14.4 Å². The lowest BCUT2D eigenvalue weighted by Gasteiger charge is -2.45. The van der Waals surface area contributed by atoms with E-state index in [1.54, 1.807) is 4.90 Å². The Hall–Kier alpha value is -1.59. The largest absolute Gasteiger partial charge is 0.468 e. The highest BCUT2D eigenvalue weighted by Gasteiger charge is 2.55. The number of nitrogens with zero attached hydrogens (tertiary/aromatic N) is 1. The summed E-state index contributed by atoms with van der Waals surface area (Å²) in [6.45, 7) is 7.95. The molecule has 0 radical (unpaired) electrons. The number of carbonyl (C=O) groups is 3. The average molecular weight is 325 g/mol. The van der Waals surface area contributed by atoms with Crippen molar-refractivity contribution in [3.63, 3.8) is 0 Å². The first-order valence-corrected chi connectivity index (χ1v) is 8.20. The van der Waals surface area contributed by atoms with Crippen molar-refractivity contribution in [2.75, 3.05) is 13.7 Å². The molecule has 0 bridgehead atoms. The maximum atomic E-state index is 12.3. The van der Waals surface area contributed by atoms with E-state index in [0.717, 1.165) is 0 Å². The smallest absolute Gasteiger partial charge is 0.410 e. The van der Waals surface area contributed by atoms with Gasteiger partial charge in [-0.15, -0.1) is 0 Å². The van der Waals surface area contributed by atoms with Gasteiger partial charge in [0.2, 0.25) is 0 Å². The molecule has 1 saturated carbocycles. The van der Waals surface area contributed by atoms with Crippen LogP contribution in [0.4, 0.5) is 4.79 Å². The lowest BCUT2D eigenvalue weighted by molar-refractivity contribution is -0.154. The second kappa shape index (κ2) is 6.13. The molecule has 130 valence electrons. The second-order valence-electron chi connectivity index (χ2n) is 7.76. The summed E-state index contributed by atoms with van der Waals surface area (Å²) in [5.41, 5.74) is -0.911. The van der Waals surface area contributed by atoms with E-state index in [-0.39, 0.29) is 23.3 Å². The number of rotatable bonds is 1. The van der Waals surface area contributed by atoms with Crippen LogP contribution in [0.25, 0.3) is 0 Å². The fraction of sp³-hybridized carbons (Fsp3) is 0.824. The van der Waals surface area contributed by atoms with Crippen LogP contribution in [0.1, 0.15) is 53.4 Å². The lowest BCUT2D eigenvalue weighted by atomic mass is 9.68. The maximum Gasteiger partial charge on any atom is 0.410 e. The number of carbonyl (C=O) groups excluding carboxylic acids is 3. The first-order chi connectivity index (χ1) is 10.6. The van der Waals surface area contributed by atoms with Crippen molar-refractivity contribution in [1.82, 2.24) is 4.90 Å². The summed E-state index contributed by atoms with van der Waals surface area (Å²) < 4.78 is 10.3. The monoisotopic (exact) mass is 325 g/mol. The van der Waals surface area contributed by atoms with Gasteiger partial charge in [0.15, 0.2) is 0 Å². The van der Waals surface area contributed by atoms with Gasteiger partial charge in [0.25, 0.3) is 0 Å². The van der Waals surface area contributed by atoms with Crippen molar-refractivity contribution in [1.29, 1.82) is 0 Å². The van der Waals surface area contributed by atoms with Crippen LogP contribution in [-0.4, -0.2) is 48.0 Å². The molecule has 1 saturated heterocycles. The van der Waals surface area contributed by atoms with E-state index >= 15 is 0 Å². The fourth-order valence-electron chi connectivity index (χ4n) is 3.95. The van der Waals surface area contributed by atoms with Gasteiger partial charge < -0.3 is 14.4 Å². The molecule has 0 aromatic carbocycles. The van der Waals surface area contributed by atoms with Crippen LogP contribution in [0.15, 0.2) is 0 Å². The summed E-state index contributed by atoms with van der Waals surface area (Å²) in [7, 11) is 1.32. The second-order valence-corrected chi connectivity index (χ2v) is 7.76. The summed E-state index contributed by atoms with van der Waals surface area (Å²) in [6.07, 6.45) is 2.02. The molecule has 0 aromatic heterocycles. The van der Waals surface area contributed by atoms with Crippen molar-refractivity contribution >= 4 is 17.8 Å². The Morgan fingerprint density at radius 1 is 1.26 bits per heavy atom. The van der Waals surface area contributed by atoms with E-state index in [1.807, 2.05) is 27.7 Å². The minimum absolute atomic E-state index is 0.0326. The summed E-state index contributed by atoms with van der Waals surface area (Å²) in [5, 5.41) is 0. The summed E-state index contributed by atoms with van der Waals surface area (Å²) in [6, 6.07) is -0.0725. The molecule has 0 aromatic rings. The Kier molecular flexibility index (Phi) is 4.74. The predicted molar refractivity (Wildman–Crippen MR) is 83.8 cm³/mol. The van der Waals surface area contributed by atoms with Crippen LogP contribution in [-0.2, 0) is 19.1 Å². The normalized spacial score (nSPS) is 31.3. The molecule has 3 atom stereocenters. The highest BCUT2D eigenvalue weighted by atomic mass is 16.6. The molecule has 1 unspecified atom stereocenters. The molecule has 2 aliphatic rings. The van der Waals surface area contributed by atoms with Crippen molar-refractivity contribution in [2.45, 2.75) is 65.0 Å². The SMILES string of the molecule is COC(=O)C1C(=O)CC[C@]12CCN(C(=O)OC(C)(C)C)[C@H](C)C2. The molecule has 23 heavy (non-hydrogen) atoms. The van der Waals surface area contributed by atoms with Crippen molar-refractivity contribution < 1.29 is 23.9 Å². The Morgan fingerprint density at radius 3 is 2.43 bits per heavy atom. The first kappa shape index (κ1) is 17.8. The molecule has 6 nitrogen and oxygen atoms in total. The van der Waals surface area contributed by atoms with Gasteiger partial charge in [-0.05, 0) is 52.4 Å². The number of piperidine rings is 1. The van der Waals surface area contributed by atoms with Crippen LogP contribution in [0.5, 0.6) is 0 Å². The zero-order chi connectivity index (χ0) is 17.4. The minimum Gasteiger partial charge on any atom is -0.468 e. The van der Waals surface area contributed by atoms with E-state index in [0.29, 0.717) is 32.2 Å². The summed E-state index contributed by atoms with van der Waals surface area (Å²) in [5.74, 6) is -1.16. The van der Waals surface area contributed by atoms with Gasteiger partial charge in [0, 0.05) is 19.0 Å². The van der Waals surface area contributed by atoms with Crippen LogP contribution in [0.2, 0.25) is 0 Å². The third-order valence-electron chi connectivity index (χ3n) is 4.95. The number of ether oxygens (including phenoxy) is 2. The van der Waals surface area contributed by atoms with E-state index in [4.69, 9.17) is 9.47 Å².